The van der Waals surface area contributed by atoms with Crippen LogP contribution in [0.15, 0.2) is 29.8 Å². The zero-order valence-electron chi connectivity index (χ0n) is 12.9. The van der Waals surface area contributed by atoms with E-state index in [1.54, 1.807) is 0 Å². The summed E-state index contributed by atoms with van der Waals surface area (Å²) in [4.78, 5) is 0. The van der Waals surface area contributed by atoms with Crippen molar-refractivity contribution in [1.82, 2.24) is 5.32 Å². The van der Waals surface area contributed by atoms with E-state index in [4.69, 9.17) is 9.47 Å². The van der Waals surface area contributed by atoms with Crippen molar-refractivity contribution in [3.63, 3.8) is 0 Å². The van der Waals surface area contributed by atoms with Crippen LogP contribution in [-0.2, 0) is 0 Å². The Kier molecular flexibility index (Phi) is 4.81. The molecular formula is C18H25NO2. The van der Waals surface area contributed by atoms with Gasteiger partial charge in [-0.1, -0.05) is 36.6 Å². The number of likely N-dealkylation sites (N-methyl/N-ethyl adjacent to an activating group) is 1. The van der Waals surface area contributed by atoms with Crippen molar-refractivity contribution in [3.8, 4) is 11.5 Å². The standard InChI is InChI=1S/C18H25NO2/c1-19-17(14-8-5-3-2-4-6-9-14)15-10-7-11-16-18(15)21-13-12-20-16/h7-8,10-11,17,19H,2-6,9,12-13H2,1H3/b14-8+. The summed E-state index contributed by atoms with van der Waals surface area (Å²) in [6, 6.07) is 6.46. The van der Waals surface area contributed by atoms with Gasteiger partial charge in [-0.25, -0.2) is 0 Å². The molecule has 0 radical (unpaired) electrons. The molecule has 1 aliphatic heterocycles. The highest BCUT2D eigenvalue weighted by Gasteiger charge is 2.23. The Labute approximate surface area is 127 Å². The summed E-state index contributed by atoms with van der Waals surface area (Å²) < 4.78 is 11.6. The Morgan fingerprint density at radius 2 is 1.90 bits per heavy atom. The molecule has 1 unspecified atom stereocenters. The van der Waals surface area contributed by atoms with Gasteiger partial charge in [-0.15, -0.1) is 0 Å². The molecule has 3 nitrogen and oxygen atoms in total. The van der Waals surface area contributed by atoms with Gasteiger partial charge in [0, 0.05) is 5.56 Å². The second-order valence-corrected chi connectivity index (χ2v) is 5.83. The number of allylic oxidation sites excluding steroid dienone is 1. The number of ether oxygens (including phenoxy) is 2. The monoisotopic (exact) mass is 287 g/mol. The zero-order chi connectivity index (χ0) is 14.5. The van der Waals surface area contributed by atoms with Gasteiger partial charge in [0.1, 0.15) is 13.2 Å². The molecule has 2 aliphatic rings. The van der Waals surface area contributed by atoms with E-state index in [0.717, 1.165) is 11.5 Å². The van der Waals surface area contributed by atoms with Crippen molar-refractivity contribution in [2.24, 2.45) is 0 Å². The van der Waals surface area contributed by atoms with Gasteiger partial charge in [0.2, 0.25) is 0 Å². The van der Waals surface area contributed by atoms with Crippen LogP contribution in [0.25, 0.3) is 0 Å². The first-order chi connectivity index (χ1) is 10.4. The maximum absolute atomic E-state index is 5.89. The molecule has 1 aromatic rings. The van der Waals surface area contributed by atoms with Crippen LogP contribution in [0.2, 0.25) is 0 Å². The van der Waals surface area contributed by atoms with E-state index >= 15 is 0 Å². The topological polar surface area (TPSA) is 30.5 Å². The fourth-order valence-electron chi connectivity index (χ4n) is 3.34. The third kappa shape index (κ3) is 3.24. The fourth-order valence-corrected chi connectivity index (χ4v) is 3.34. The first-order valence-corrected chi connectivity index (χ1v) is 8.15. The molecule has 1 N–H and O–H groups in total. The van der Waals surface area contributed by atoms with Gasteiger partial charge in [-0.2, -0.15) is 0 Å². The second kappa shape index (κ2) is 6.99. The summed E-state index contributed by atoms with van der Waals surface area (Å²) in [5, 5.41) is 3.48. The predicted molar refractivity (Wildman–Crippen MR) is 85.0 cm³/mol. The quantitative estimate of drug-likeness (QED) is 0.852. The predicted octanol–water partition coefficient (Wildman–Crippen LogP) is 4.00. The summed E-state index contributed by atoms with van der Waals surface area (Å²) in [5.74, 6) is 1.80. The van der Waals surface area contributed by atoms with Crippen LogP contribution < -0.4 is 14.8 Å². The molecule has 21 heavy (non-hydrogen) atoms. The minimum atomic E-state index is 0.236. The number of fused-ring (bicyclic) bond motifs is 1. The van der Waals surface area contributed by atoms with Crippen LogP contribution >= 0.6 is 0 Å². The van der Waals surface area contributed by atoms with E-state index in [1.807, 2.05) is 13.1 Å². The van der Waals surface area contributed by atoms with Crippen molar-refractivity contribution in [2.45, 2.75) is 44.6 Å². The maximum Gasteiger partial charge on any atom is 0.166 e. The second-order valence-electron chi connectivity index (χ2n) is 5.83. The largest absolute Gasteiger partial charge is 0.486 e. The molecular weight excluding hydrogens is 262 g/mol. The van der Waals surface area contributed by atoms with Crippen LogP contribution in [-0.4, -0.2) is 20.3 Å². The first kappa shape index (κ1) is 14.5. The average molecular weight is 287 g/mol. The smallest absolute Gasteiger partial charge is 0.166 e. The number of para-hydroxylation sites is 1. The molecule has 0 amide bonds. The van der Waals surface area contributed by atoms with Crippen molar-refractivity contribution >= 4 is 0 Å². The highest BCUT2D eigenvalue weighted by molar-refractivity contribution is 5.51. The molecule has 0 aromatic heterocycles. The minimum Gasteiger partial charge on any atom is -0.486 e. The lowest BCUT2D eigenvalue weighted by molar-refractivity contribution is 0.169. The molecule has 1 heterocycles. The van der Waals surface area contributed by atoms with Gasteiger partial charge in [0.25, 0.3) is 0 Å². The van der Waals surface area contributed by atoms with Crippen LogP contribution in [0, 0.1) is 0 Å². The lowest BCUT2D eigenvalue weighted by Gasteiger charge is -2.27. The highest BCUT2D eigenvalue weighted by Crippen LogP contribution is 2.40. The number of hydrogen-bond acceptors (Lipinski definition) is 3. The van der Waals surface area contributed by atoms with Crippen molar-refractivity contribution in [1.29, 1.82) is 0 Å². The number of hydrogen-bond donors (Lipinski definition) is 1. The molecule has 0 saturated heterocycles. The number of benzene rings is 1. The Morgan fingerprint density at radius 1 is 1.05 bits per heavy atom. The van der Waals surface area contributed by atoms with Gasteiger partial charge in [-0.05, 0) is 38.8 Å². The summed E-state index contributed by atoms with van der Waals surface area (Å²) in [6.45, 7) is 1.28. The van der Waals surface area contributed by atoms with Crippen LogP contribution in [0.1, 0.15) is 50.1 Å². The molecule has 0 saturated carbocycles. The van der Waals surface area contributed by atoms with Gasteiger partial charge in [0.15, 0.2) is 11.5 Å². The number of nitrogens with one attached hydrogen (secondary N) is 1. The molecule has 0 fully saturated rings. The third-order valence-electron chi connectivity index (χ3n) is 4.39. The van der Waals surface area contributed by atoms with E-state index in [0.29, 0.717) is 13.2 Å². The first-order valence-electron chi connectivity index (χ1n) is 8.15. The van der Waals surface area contributed by atoms with Crippen LogP contribution in [0.5, 0.6) is 11.5 Å². The lowest BCUT2D eigenvalue weighted by Crippen LogP contribution is -2.23. The summed E-state index contributed by atoms with van der Waals surface area (Å²) in [6.07, 6.45) is 10.1. The highest BCUT2D eigenvalue weighted by atomic mass is 16.6. The lowest BCUT2D eigenvalue weighted by atomic mass is 9.90. The Bertz CT molecular complexity index is 510. The fraction of sp³-hybridized carbons (Fsp3) is 0.556. The zero-order valence-corrected chi connectivity index (χ0v) is 12.9. The van der Waals surface area contributed by atoms with E-state index in [2.05, 4.69) is 23.5 Å². The van der Waals surface area contributed by atoms with Crippen molar-refractivity contribution in [2.75, 3.05) is 20.3 Å². The summed E-state index contributed by atoms with van der Waals surface area (Å²) in [7, 11) is 2.04. The average Bonchev–Trinajstić information content (AvgIpc) is 2.50. The summed E-state index contributed by atoms with van der Waals surface area (Å²) >= 11 is 0. The number of rotatable bonds is 3. The summed E-state index contributed by atoms with van der Waals surface area (Å²) in [5.41, 5.74) is 2.71. The van der Waals surface area contributed by atoms with E-state index in [9.17, 15) is 0 Å². The van der Waals surface area contributed by atoms with Crippen LogP contribution in [0.4, 0.5) is 0 Å². The minimum absolute atomic E-state index is 0.236. The van der Waals surface area contributed by atoms with Gasteiger partial charge in [-0.3, -0.25) is 0 Å². The molecule has 3 rings (SSSR count). The van der Waals surface area contributed by atoms with E-state index in [-0.39, 0.29) is 6.04 Å². The molecule has 1 aromatic carbocycles. The molecule has 114 valence electrons. The van der Waals surface area contributed by atoms with Gasteiger partial charge < -0.3 is 14.8 Å². The van der Waals surface area contributed by atoms with Crippen molar-refractivity contribution in [3.05, 3.63) is 35.4 Å². The Hall–Kier alpha value is -1.48. The van der Waals surface area contributed by atoms with Crippen molar-refractivity contribution < 1.29 is 9.47 Å². The SMILES string of the molecule is CNC(/C1=C/CCCCCC1)c1cccc2c1OCCO2. The third-order valence-corrected chi connectivity index (χ3v) is 4.39. The van der Waals surface area contributed by atoms with Gasteiger partial charge >= 0.3 is 0 Å². The maximum atomic E-state index is 5.89. The van der Waals surface area contributed by atoms with E-state index < -0.39 is 0 Å². The molecule has 0 bridgehead atoms. The molecule has 1 atom stereocenters. The Balaban J connectivity index is 1.92. The Morgan fingerprint density at radius 3 is 2.81 bits per heavy atom. The van der Waals surface area contributed by atoms with E-state index in [1.165, 1.54) is 49.7 Å². The molecule has 3 heteroatoms. The van der Waals surface area contributed by atoms with Gasteiger partial charge in [0.05, 0.1) is 6.04 Å². The van der Waals surface area contributed by atoms with Crippen LogP contribution in [0.3, 0.4) is 0 Å². The molecule has 0 spiro atoms. The molecule has 1 aliphatic carbocycles. The normalized spacial score (nSPS) is 22.6.